The van der Waals surface area contributed by atoms with Gasteiger partial charge in [-0.15, -0.1) is 0 Å². The van der Waals surface area contributed by atoms with Crippen molar-refractivity contribution in [3.63, 3.8) is 0 Å². The van der Waals surface area contributed by atoms with Crippen LogP contribution < -0.4 is 16.0 Å². The van der Waals surface area contributed by atoms with Crippen molar-refractivity contribution in [1.29, 1.82) is 0 Å². The molecule has 1 aromatic carbocycles. The van der Waals surface area contributed by atoms with E-state index < -0.39 is 9.85 Å². The minimum atomic E-state index is -0.556. The van der Waals surface area contributed by atoms with Gasteiger partial charge < -0.3 is 16.0 Å². The van der Waals surface area contributed by atoms with Crippen LogP contribution in [0.25, 0.3) is 0 Å². The minimum absolute atomic E-state index is 0.0319. The van der Waals surface area contributed by atoms with E-state index in [1.807, 2.05) is 0 Å². The molecule has 30 heavy (non-hydrogen) atoms. The molecule has 0 unspecified atom stereocenters. The Balaban J connectivity index is 1.91. The molecule has 2 heterocycles. The van der Waals surface area contributed by atoms with Crippen molar-refractivity contribution in [2.45, 2.75) is 57.7 Å². The highest BCUT2D eigenvalue weighted by Crippen LogP contribution is 2.35. The van der Waals surface area contributed by atoms with Crippen molar-refractivity contribution in [2.75, 3.05) is 10.6 Å². The lowest BCUT2D eigenvalue weighted by molar-refractivity contribution is -0.384. The van der Waals surface area contributed by atoms with Crippen molar-refractivity contribution in [2.24, 2.45) is 0 Å². The predicted octanol–water partition coefficient (Wildman–Crippen LogP) is 3.76. The molecule has 1 aliphatic heterocycles. The monoisotopic (exact) mass is 415 g/mol. The Morgan fingerprint density at radius 1 is 1.03 bits per heavy atom. The summed E-state index contributed by atoms with van der Waals surface area (Å²) in [5, 5.41) is 32.4. The molecule has 0 saturated carbocycles. The Bertz CT molecular complexity index is 961. The first-order valence-electron chi connectivity index (χ1n) is 9.52. The average Bonchev–Trinajstić information content (AvgIpc) is 2.59. The Labute approximate surface area is 173 Å². The molecule has 3 rings (SSSR count). The molecule has 1 saturated heterocycles. The lowest BCUT2D eigenvalue weighted by Crippen LogP contribution is -2.60. The maximum atomic E-state index is 11.8. The van der Waals surface area contributed by atoms with Crippen LogP contribution in [0.2, 0.25) is 0 Å². The number of nitrogens with one attached hydrogen (secondary N) is 3. The number of anilines is 3. The van der Waals surface area contributed by atoms with Crippen molar-refractivity contribution in [1.82, 2.24) is 15.3 Å². The predicted molar refractivity (Wildman–Crippen MR) is 113 cm³/mol. The third kappa shape index (κ3) is 4.98. The number of piperidine rings is 1. The maximum absolute atomic E-state index is 11.8. The van der Waals surface area contributed by atoms with E-state index in [-0.39, 0.29) is 40.1 Å². The molecular weight excluding hydrogens is 390 g/mol. The molecule has 1 aliphatic rings. The van der Waals surface area contributed by atoms with E-state index in [1.54, 1.807) is 6.07 Å². The van der Waals surface area contributed by atoms with E-state index in [0.717, 1.165) is 12.8 Å². The van der Waals surface area contributed by atoms with Gasteiger partial charge in [0.05, 0.1) is 9.85 Å². The molecular formula is C19H25N7O4. The van der Waals surface area contributed by atoms with Crippen molar-refractivity contribution >= 4 is 28.7 Å². The van der Waals surface area contributed by atoms with Crippen LogP contribution in [0.1, 0.15) is 40.5 Å². The average molecular weight is 415 g/mol. The molecule has 0 bridgehead atoms. The summed E-state index contributed by atoms with van der Waals surface area (Å²) in [6.07, 6.45) is 2.74. The van der Waals surface area contributed by atoms with Crippen LogP contribution in [-0.2, 0) is 0 Å². The third-order valence-corrected chi connectivity index (χ3v) is 4.86. The Kier molecular flexibility index (Phi) is 5.57. The lowest BCUT2D eigenvalue weighted by Gasteiger charge is -2.46. The summed E-state index contributed by atoms with van der Waals surface area (Å²) in [7, 11) is 0. The molecule has 160 valence electrons. The van der Waals surface area contributed by atoms with Gasteiger partial charge in [0, 0.05) is 34.9 Å². The van der Waals surface area contributed by atoms with E-state index in [2.05, 4.69) is 53.6 Å². The molecule has 3 N–H and O–H groups in total. The summed E-state index contributed by atoms with van der Waals surface area (Å²) in [6, 6.07) is 5.66. The molecule has 0 radical (unpaired) electrons. The van der Waals surface area contributed by atoms with Gasteiger partial charge in [0.15, 0.2) is 0 Å². The van der Waals surface area contributed by atoms with Crippen LogP contribution in [0, 0.1) is 20.2 Å². The Morgan fingerprint density at radius 2 is 1.67 bits per heavy atom. The summed E-state index contributed by atoms with van der Waals surface area (Å²) in [5.74, 6) is 0.0758. The van der Waals surface area contributed by atoms with Gasteiger partial charge in [-0.05, 0) is 46.6 Å². The molecule has 11 nitrogen and oxygen atoms in total. The lowest BCUT2D eigenvalue weighted by atomic mass is 9.79. The van der Waals surface area contributed by atoms with Crippen LogP contribution in [0.3, 0.4) is 0 Å². The van der Waals surface area contributed by atoms with Crippen LogP contribution >= 0.6 is 0 Å². The van der Waals surface area contributed by atoms with Gasteiger partial charge in [-0.1, -0.05) is 6.07 Å². The largest absolute Gasteiger partial charge is 0.361 e. The van der Waals surface area contributed by atoms with E-state index >= 15 is 0 Å². The highest BCUT2D eigenvalue weighted by Gasteiger charge is 2.38. The Morgan fingerprint density at radius 3 is 2.27 bits per heavy atom. The van der Waals surface area contributed by atoms with Gasteiger partial charge in [-0.3, -0.25) is 20.2 Å². The molecule has 0 amide bonds. The quantitative estimate of drug-likeness (QED) is 0.473. The highest BCUT2D eigenvalue weighted by atomic mass is 16.6. The molecule has 2 aromatic rings. The second-order valence-corrected chi connectivity index (χ2v) is 8.75. The first kappa shape index (κ1) is 21.4. The topological polar surface area (TPSA) is 148 Å². The number of rotatable bonds is 6. The van der Waals surface area contributed by atoms with Gasteiger partial charge in [0.25, 0.3) is 5.69 Å². The van der Waals surface area contributed by atoms with Crippen molar-refractivity contribution in [3.8, 4) is 0 Å². The van der Waals surface area contributed by atoms with Gasteiger partial charge in [0.1, 0.15) is 6.33 Å². The first-order chi connectivity index (χ1) is 14.0. The second kappa shape index (κ2) is 7.82. The number of non-ortho nitro benzene ring substituents is 1. The smallest absolute Gasteiger partial charge is 0.353 e. The zero-order valence-corrected chi connectivity index (χ0v) is 17.3. The number of aromatic nitrogens is 2. The van der Waals surface area contributed by atoms with Crippen LogP contribution in [0.5, 0.6) is 0 Å². The van der Waals surface area contributed by atoms with Crippen LogP contribution in [0.15, 0.2) is 30.6 Å². The van der Waals surface area contributed by atoms with E-state index in [0.29, 0.717) is 5.69 Å². The molecule has 0 aliphatic carbocycles. The standard InChI is InChI=1S/C19H25N7O4/c1-18(2)9-13(10-19(3,4)24-18)23-17-15(26(29)30)16(20-11-21-17)22-12-6-5-7-14(8-12)25(27)28/h5-8,11,13,24H,9-10H2,1-4H3,(H2,20,21,22,23). The second-order valence-electron chi connectivity index (χ2n) is 8.75. The maximum Gasteiger partial charge on any atom is 0.353 e. The fourth-order valence-electron chi connectivity index (χ4n) is 4.20. The first-order valence-corrected chi connectivity index (χ1v) is 9.52. The zero-order chi connectivity index (χ0) is 22.1. The van der Waals surface area contributed by atoms with Gasteiger partial charge >= 0.3 is 5.69 Å². The summed E-state index contributed by atoms with van der Waals surface area (Å²) < 4.78 is 0. The SMILES string of the molecule is CC1(C)CC(Nc2ncnc(Nc3cccc([N+](=O)[O-])c3)c2[N+](=O)[O-])CC(C)(C)N1. The van der Waals surface area contributed by atoms with Crippen molar-refractivity contribution in [3.05, 3.63) is 50.8 Å². The molecule has 1 aromatic heterocycles. The Hall–Kier alpha value is -3.34. The number of nitro groups is 2. The fraction of sp³-hybridized carbons (Fsp3) is 0.474. The van der Waals surface area contributed by atoms with E-state index in [1.165, 1.54) is 24.5 Å². The number of hydrogen-bond donors (Lipinski definition) is 3. The van der Waals surface area contributed by atoms with E-state index in [9.17, 15) is 20.2 Å². The summed E-state index contributed by atoms with van der Waals surface area (Å²) >= 11 is 0. The summed E-state index contributed by atoms with van der Waals surface area (Å²) in [4.78, 5) is 29.8. The van der Waals surface area contributed by atoms with Gasteiger partial charge in [-0.2, -0.15) is 0 Å². The van der Waals surface area contributed by atoms with Gasteiger partial charge in [0.2, 0.25) is 11.6 Å². The fourth-order valence-corrected chi connectivity index (χ4v) is 4.20. The highest BCUT2D eigenvalue weighted by molar-refractivity contribution is 5.74. The number of nitrogens with zero attached hydrogens (tertiary/aromatic N) is 4. The number of benzene rings is 1. The van der Waals surface area contributed by atoms with Crippen molar-refractivity contribution < 1.29 is 9.85 Å². The summed E-state index contributed by atoms with van der Waals surface area (Å²) in [6.45, 7) is 8.36. The molecule has 1 fully saturated rings. The third-order valence-electron chi connectivity index (χ3n) is 4.86. The minimum Gasteiger partial charge on any atom is -0.361 e. The van der Waals surface area contributed by atoms with Crippen LogP contribution in [-0.4, -0.2) is 36.9 Å². The van der Waals surface area contributed by atoms with E-state index in [4.69, 9.17) is 0 Å². The molecule has 0 spiro atoms. The summed E-state index contributed by atoms with van der Waals surface area (Å²) in [5.41, 5.74) is -0.412. The number of hydrogen-bond acceptors (Lipinski definition) is 9. The number of nitro benzene ring substituents is 1. The molecule has 0 atom stereocenters. The van der Waals surface area contributed by atoms with Gasteiger partial charge in [-0.25, -0.2) is 9.97 Å². The molecule has 11 heteroatoms. The normalized spacial score (nSPS) is 17.9. The van der Waals surface area contributed by atoms with Crippen LogP contribution in [0.4, 0.5) is 28.7 Å². The zero-order valence-electron chi connectivity index (χ0n) is 17.3.